The van der Waals surface area contributed by atoms with Gasteiger partial charge in [0, 0.05) is 12.3 Å². The lowest BCUT2D eigenvalue weighted by Crippen LogP contribution is -2.19. The monoisotopic (exact) mass is 323 g/mol. The second-order valence-corrected chi connectivity index (χ2v) is 5.38. The molecule has 0 bridgehead atoms. The summed E-state index contributed by atoms with van der Waals surface area (Å²) >= 11 is 0. The molecule has 0 aliphatic carbocycles. The average molecular weight is 323 g/mol. The van der Waals surface area contributed by atoms with Crippen molar-refractivity contribution in [2.24, 2.45) is 0 Å². The third-order valence-corrected chi connectivity index (χ3v) is 3.67. The molecule has 3 rings (SSSR count). The van der Waals surface area contributed by atoms with E-state index in [-0.39, 0.29) is 12.4 Å². The van der Waals surface area contributed by atoms with E-state index in [0.717, 1.165) is 5.39 Å². The molecule has 1 aromatic heterocycles. The Morgan fingerprint density at radius 2 is 1.67 bits per heavy atom. The van der Waals surface area contributed by atoms with Crippen LogP contribution in [0.2, 0.25) is 0 Å². The zero-order valence-electron chi connectivity index (χ0n) is 13.5. The number of rotatable bonds is 5. The molecule has 0 amide bonds. The quantitative estimate of drug-likeness (QED) is 0.677. The molecule has 3 aromatic rings. The van der Waals surface area contributed by atoms with Crippen molar-refractivity contribution in [3.63, 3.8) is 0 Å². The highest BCUT2D eigenvalue weighted by Crippen LogP contribution is 2.25. The molecule has 0 aliphatic rings. The first kappa shape index (κ1) is 15.8. The van der Waals surface area contributed by atoms with Crippen molar-refractivity contribution in [1.82, 2.24) is 4.73 Å². The maximum atomic E-state index is 12.7. The summed E-state index contributed by atoms with van der Waals surface area (Å²) in [5.41, 5.74) is 1.75. The highest BCUT2D eigenvalue weighted by Gasteiger charge is 2.21. The second kappa shape index (κ2) is 6.58. The van der Waals surface area contributed by atoms with Gasteiger partial charge in [0.25, 0.3) is 0 Å². The Kier molecular flexibility index (Phi) is 4.33. The van der Waals surface area contributed by atoms with Crippen molar-refractivity contribution in [3.8, 4) is 5.75 Å². The molecule has 0 unspecified atom stereocenters. The van der Waals surface area contributed by atoms with Crippen LogP contribution in [0.1, 0.15) is 23.0 Å². The van der Waals surface area contributed by atoms with Crippen molar-refractivity contribution in [1.29, 1.82) is 0 Å². The van der Waals surface area contributed by atoms with Gasteiger partial charge in [-0.2, -0.15) is 4.73 Å². The van der Waals surface area contributed by atoms with E-state index in [2.05, 4.69) is 0 Å². The van der Waals surface area contributed by atoms with Crippen molar-refractivity contribution < 1.29 is 19.2 Å². The number of ketones is 1. The third kappa shape index (κ3) is 3.01. The largest absolute Gasteiger partial charge is 0.485 e. The van der Waals surface area contributed by atoms with E-state index in [0.29, 0.717) is 22.5 Å². The summed E-state index contributed by atoms with van der Waals surface area (Å²) < 4.78 is 6.95. The lowest BCUT2D eigenvalue weighted by molar-refractivity contribution is -0.141. The van der Waals surface area contributed by atoms with E-state index in [1.807, 2.05) is 36.4 Å². The number of carbonyl (C=O) groups excluding carboxylic acids is 2. The molecular formula is C19H17NO4. The van der Waals surface area contributed by atoms with Gasteiger partial charge < -0.3 is 9.57 Å². The Balaban J connectivity index is 1.95. The van der Waals surface area contributed by atoms with Crippen LogP contribution in [-0.2, 0) is 4.79 Å². The normalized spacial score (nSPS) is 10.6. The Morgan fingerprint density at radius 1 is 1.00 bits per heavy atom. The summed E-state index contributed by atoms with van der Waals surface area (Å²) in [5.74, 6) is 0.0177. The molecule has 0 saturated carbocycles. The maximum Gasteiger partial charge on any atom is 0.329 e. The molecule has 5 nitrogen and oxygen atoms in total. The van der Waals surface area contributed by atoms with Crippen LogP contribution in [0.25, 0.3) is 10.9 Å². The number of benzene rings is 2. The molecular weight excluding hydrogens is 306 g/mol. The third-order valence-electron chi connectivity index (χ3n) is 3.67. The molecule has 0 fully saturated rings. The predicted octanol–water partition coefficient (Wildman–Crippen LogP) is 3.19. The number of aromatic nitrogens is 1. The minimum Gasteiger partial charge on any atom is -0.485 e. The topological polar surface area (TPSA) is 57.5 Å². The van der Waals surface area contributed by atoms with E-state index >= 15 is 0 Å². The second-order valence-electron chi connectivity index (χ2n) is 5.38. The first-order valence-corrected chi connectivity index (χ1v) is 7.58. The lowest BCUT2D eigenvalue weighted by Gasteiger charge is -2.07. The summed E-state index contributed by atoms with van der Waals surface area (Å²) in [6.45, 7) is 2.99. The fourth-order valence-electron chi connectivity index (χ4n) is 2.68. The Bertz CT molecular complexity index is 896. The van der Waals surface area contributed by atoms with Gasteiger partial charge in [-0.3, -0.25) is 4.79 Å². The fraction of sp³-hybridized carbons (Fsp3) is 0.158. The Hall–Kier alpha value is -3.08. The number of Topliss-reactive ketones (excluding diaryl/α,β-unsaturated/α-hetero) is 1. The van der Waals surface area contributed by atoms with Crippen LogP contribution in [0.15, 0.2) is 54.6 Å². The highest BCUT2D eigenvalue weighted by molar-refractivity contribution is 6.10. The van der Waals surface area contributed by atoms with Gasteiger partial charge in [-0.1, -0.05) is 36.4 Å². The van der Waals surface area contributed by atoms with Crippen molar-refractivity contribution in [2.45, 2.75) is 13.8 Å². The molecule has 0 aliphatic heterocycles. The Labute approximate surface area is 139 Å². The smallest absolute Gasteiger partial charge is 0.329 e. The van der Waals surface area contributed by atoms with Gasteiger partial charge in [0.2, 0.25) is 5.78 Å². The number of fused-ring (bicyclic) bond motifs is 1. The van der Waals surface area contributed by atoms with Crippen LogP contribution in [0.4, 0.5) is 0 Å². The van der Waals surface area contributed by atoms with Crippen LogP contribution in [0.3, 0.4) is 0 Å². The molecule has 0 saturated heterocycles. The molecule has 5 heteroatoms. The summed E-state index contributed by atoms with van der Waals surface area (Å²) in [6, 6.07) is 16.5. The van der Waals surface area contributed by atoms with Crippen LogP contribution >= 0.6 is 0 Å². The van der Waals surface area contributed by atoms with E-state index in [1.165, 1.54) is 11.7 Å². The molecule has 2 aromatic carbocycles. The standard InChI is InChI=1S/C19H17NO4/c1-13-19(18(22)12-23-15-8-4-3-5-9-15)16-10-6-7-11-17(16)20(13)24-14(2)21/h3-11H,12H2,1-2H3. The zero-order chi connectivity index (χ0) is 17.1. The number of para-hydroxylation sites is 2. The van der Waals surface area contributed by atoms with Crippen molar-refractivity contribution in [2.75, 3.05) is 6.61 Å². The minimum atomic E-state index is -0.446. The SMILES string of the molecule is CC(=O)On1c(C)c(C(=O)COc2ccccc2)c2ccccc21. The molecule has 0 N–H and O–H groups in total. The Morgan fingerprint density at radius 3 is 2.38 bits per heavy atom. The van der Waals surface area contributed by atoms with Gasteiger partial charge in [-0.15, -0.1) is 0 Å². The van der Waals surface area contributed by atoms with Crippen LogP contribution in [-0.4, -0.2) is 23.1 Å². The van der Waals surface area contributed by atoms with Crippen LogP contribution in [0, 0.1) is 6.92 Å². The van der Waals surface area contributed by atoms with Gasteiger partial charge >= 0.3 is 5.97 Å². The summed E-state index contributed by atoms with van der Waals surface area (Å²) in [4.78, 5) is 29.3. The van der Waals surface area contributed by atoms with Gasteiger partial charge in [-0.25, -0.2) is 4.79 Å². The average Bonchev–Trinajstić information content (AvgIpc) is 2.86. The van der Waals surface area contributed by atoms with Crippen molar-refractivity contribution in [3.05, 3.63) is 65.9 Å². The molecule has 1 heterocycles. The number of nitrogens with zero attached hydrogens (tertiary/aromatic N) is 1. The van der Waals surface area contributed by atoms with Crippen LogP contribution in [0.5, 0.6) is 5.75 Å². The van der Waals surface area contributed by atoms with E-state index in [1.54, 1.807) is 25.1 Å². The fourth-order valence-corrected chi connectivity index (χ4v) is 2.68. The van der Waals surface area contributed by atoms with Crippen LogP contribution < -0.4 is 9.57 Å². The number of hydrogen-bond donors (Lipinski definition) is 0. The number of carbonyl (C=O) groups is 2. The van der Waals surface area contributed by atoms with Crippen molar-refractivity contribution >= 4 is 22.7 Å². The molecule has 0 atom stereocenters. The number of hydrogen-bond acceptors (Lipinski definition) is 4. The molecule has 0 radical (unpaired) electrons. The summed E-state index contributed by atoms with van der Waals surface area (Å²) in [7, 11) is 0. The van der Waals surface area contributed by atoms with E-state index in [9.17, 15) is 9.59 Å². The van der Waals surface area contributed by atoms with Gasteiger partial charge in [-0.05, 0) is 25.1 Å². The van der Waals surface area contributed by atoms with Gasteiger partial charge in [0.05, 0.1) is 16.8 Å². The summed E-state index contributed by atoms with van der Waals surface area (Å²) in [6.07, 6.45) is 0. The predicted molar refractivity (Wildman–Crippen MR) is 90.2 cm³/mol. The molecule has 24 heavy (non-hydrogen) atoms. The highest BCUT2D eigenvalue weighted by atomic mass is 16.7. The minimum absolute atomic E-state index is 0.0844. The summed E-state index contributed by atoms with van der Waals surface area (Å²) in [5, 5.41) is 0.734. The van der Waals surface area contributed by atoms with E-state index < -0.39 is 5.97 Å². The first-order valence-electron chi connectivity index (χ1n) is 7.58. The molecule has 122 valence electrons. The number of ether oxygens (including phenoxy) is 1. The lowest BCUT2D eigenvalue weighted by atomic mass is 10.1. The van der Waals surface area contributed by atoms with Gasteiger partial charge in [0.15, 0.2) is 6.61 Å². The maximum absolute atomic E-state index is 12.7. The zero-order valence-corrected chi connectivity index (χ0v) is 13.5. The van der Waals surface area contributed by atoms with E-state index in [4.69, 9.17) is 9.57 Å². The first-order chi connectivity index (χ1) is 11.6. The van der Waals surface area contributed by atoms with Gasteiger partial charge in [0.1, 0.15) is 5.75 Å². The molecule has 0 spiro atoms.